The maximum atomic E-state index is 2.35. The van der Waals surface area contributed by atoms with Gasteiger partial charge in [-0.2, -0.15) is 0 Å². The van der Waals surface area contributed by atoms with Gasteiger partial charge in [-0.25, -0.2) is 0 Å². The Balaban J connectivity index is 0.00000200. The summed E-state index contributed by atoms with van der Waals surface area (Å²) in [7, 11) is 0.755. The lowest BCUT2D eigenvalue weighted by molar-refractivity contribution is 0.868. The van der Waals surface area contributed by atoms with Gasteiger partial charge >= 0.3 is 0 Å². The van der Waals surface area contributed by atoms with Crippen LogP contribution in [0.5, 0.6) is 0 Å². The molecule has 108 valence electrons. The molecule has 0 amide bonds. The van der Waals surface area contributed by atoms with Gasteiger partial charge in [-0.15, -0.1) is 12.4 Å². The SMILES string of the molecule is CC(C)c1cccc(Pc2cccc(C(C)C)c2)c1.Cl. The van der Waals surface area contributed by atoms with E-state index in [1.807, 2.05) is 0 Å². The lowest BCUT2D eigenvalue weighted by Crippen LogP contribution is -2.06. The van der Waals surface area contributed by atoms with E-state index in [0.29, 0.717) is 11.8 Å². The molecule has 0 spiro atoms. The van der Waals surface area contributed by atoms with Crippen LogP contribution in [0, 0.1) is 0 Å². The maximum Gasteiger partial charge on any atom is -0.0219 e. The molecule has 0 aliphatic rings. The minimum absolute atomic E-state index is 0. The molecular weight excluding hydrogens is 283 g/mol. The van der Waals surface area contributed by atoms with E-state index in [2.05, 4.69) is 76.2 Å². The summed E-state index contributed by atoms with van der Waals surface area (Å²) in [4.78, 5) is 0. The predicted molar refractivity (Wildman–Crippen MR) is 95.9 cm³/mol. The van der Waals surface area contributed by atoms with Crippen LogP contribution < -0.4 is 10.6 Å². The first-order chi connectivity index (χ1) is 9.06. The zero-order chi connectivity index (χ0) is 13.8. The molecule has 0 aliphatic heterocycles. The molecule has 0 aliphatic carbocycles. The van der Waals surface area contributed by atoms with E-state index >= 15 is 0 Å². The molecule has 0 fully saturated rings. The quantitative estimate of drug-likeness (QED) is 0.699. The zero-order valence-electron chi connectivity index (χ0n) is 12.7. The molecule has 0 aromatic heterocycles. The van der Waals surface area contributed by atoms with Crippen LogP contribution in [0.15, 0.2) is 48.5 Å². The molecule has 2 aromatic carbocycles. The molecule has 20 heavy (non-hydrogen) atoms. The molecule has 0 saturated heterocycles. The van der Waals surface area contributed by atoms with Crippen LogP contribution in [0.25, 0.3) is 0 Å². The van der Waals surface area contributed by atoms with E-state index in [4.69, 9.17) is 0 Å². The summed E-state index contributed by atoms with van der Waals surface area (Å²) in [6.07, 6.45) is 0. The Labute approximate surface area is 131 Å². The minimum atomic E-state index is 0. The van der Waals surface area contributed by atoms with E-state index in [1.165, 1.54) is 21.7 Å². The molecule has 2 aromatic rings. The molecule has 0 nitrogen and oxygen atoms in total. The Morgan fingerprint density at radius 1 is 0.700 bits per heavy atom. The third-order valence-corrected chi connectivity index (χ3v) is 4.59. The van der Waals surface area contributed by atoms with Gasteiger partial charge < -0.3 is 0 Å². The van der Waals surface area contributed by atoms with Gasteiger partial charge in [-0.3, -0.25) is 0 Å². The summed E-state index contributed by atoms with van der Waals surface area (Å²) in [5.41, 5.74) is 2.87. The van der Waals surface area contributed by atoms with Crippen LogP contribution in [0.1, 0.15) is 50.7 Å². The average molecular weight is 307 g/mol. The highest BCUT2D eigenvalue weighted by molar-refractivity contribution is 7.55. The van der Waals surface area contributed by atoms with Crippen molar-refractivity contribution in [3.63, 3.8) is 0 Å². The van der Waals surface area contributed by atoms with Gasteiger partial charge in [-0.1, -0.05) is 84.8 Å². The molecule has 0 radical (unpaired) electrons. The highest BCUT2D eigenvalue weighted by Gasteiger charge is 2.03. The van der Waals surface area contributed by atoms with Gasteiger partial charge in [0.05, 0.1) is 0 Å². The first-order valence-corrected chi connectivity index (χ1v) is 8.03. The van der Waals surface area contributed by atoms with Gasteiger partial charge in [0.25, 0.3) is 0 Å². The highest BCUT2D eigenvalue weighted by atomic mass is 35.5. The third-order valence-electron chi connectivity index (χ3n) is 3.40. The molecule has 0 N–H and O–H groups in total. The van der Waals surface area contributed by atoms with Gasteiger partial charge in [0.2, 0.25) is 0 Å². The molecule has 2 rings (SSSR count). The van der Waals surface area contributed by atoms with Gasteiger partial charge in [0.1, 0.15) is 0 Å². The van der Waals surface area contributed by atoms with Crippen molar-refractivity contribution in [2.75, 3.05) is 0 Å². The second kappa shape index (κ2) is 7.81. The number of halogens is 1. The van der Waals surface area contributed by atoms with Crippen LogP contribution in [-0.4, -0.2) is 0 Å². The van der Waals surface area contributed by atoms with E-state index in [-0.39, 0.29) is 12.4 Å². The smallest absolute Gasteiger partial charge is 0.0219 e. The number of hydrogen-bond acceptors (Lipinski definition) is 0. The summed E-state index contributed by atoms with van der Waals surface area (Å²) in [5.74, 6) is 1.21. The standard InChI is InChI=1S/C18H23P.ClH/c1-13(2)15-7-5-9-17(11-15)19-18-10-6-8-16(12-18)14(3)4;/h5-14,19H,1-4H3;1H. The Kier molecular flexibility index (Phi) is 6.72. The normalized spacial score (nSPS) is 10.7. The van der Waals surface area contributed by atoms with Crippen molar-refractivity contribution in [1.29, 1.82) is 0 Å². The van der Waals surface area contributed by atoms with Crippen LogP contribution in [0.4, 0.5) is 0 Å². The van der Waals surface area contributed by atoms with Crippen LogP contribution in [0.2, 0.25) is 0 Å². The minimum Gasteiger partial charge on any atom is -0.147 e. The second-order valence-corrected chi connectivity index (χ2v) is 7.09. The van der Waals surface area contributed by atoms with Crippen LogP contribution >= 0.6 is 21.0 Å². The first kappa shape index (κ1) is 17.2. The van der Waals surface area contributed by atoms with Crippen LogP contribution in [-0.2, 0) is 0 Å². The third kappa shape index (κ3) is 4.62. The molecule has 0 bridgehead atoms. The van der Waals surface area contributed by atoms with E-state index < -0.39 is 0 Å². The van der Waals surface area contributed by atoms with Gasteiger partial charge in [-0.05, 0) is 33.6 Å². The topological polar surface area (TPSA) is 0 Å². The Bertz CT molecular complexity index is 497. The zero-order valence-corrected chi connectivity index (χ0v) is 14.5. The lowest BCUT2D eigenvalue weighted by atomic mass is 10.0. The fourth-order valence-electron chi connectivity index (χ4n) is 2.12. The highest BCUT2D eigenvalue weighted by Crippen LogP contribution is 2.19. The van der Waals surface area contributed by atoms with Crippen molar-refractivity contribution in [3.05, 3.63) is 59.7 Å². The van der Waals surface area contributed by atoms with Crippen LogP contribution in [0.3, 0.4) is 0 Å². The van der Waals surface area contributed by atoms with Gasteiger partial charge in [0, 0.05) is 0 Å². The Hall–Kier alpha value is -0.840. The molecule has 0 heterocycles. The summed E-state index contributed by atoms with van der Waals surface area (Å²) >= 11 is 0. The summed E-state index contributed by atoms with van der Waals surface area (Å²) in [6.45, 7) is 9.01. The fourth-order valence-corrected chi connectivity index (χ4v) is 3.29. The number of benzene rings is 2. The van der Waals surface area contributed by atoms with Gasteiger partial charge in [0.15, 0.2) is 0 Å². The van der Waals surface area contributed by atoms with Crippen molar-refractivity contribution >= 4 is 31.6 Å². The molecule has 0 saturated carbocycles. The fraction of sp³-hybridized carbons (Fsp3) is 0.333. The molecule has 0 unspecified atom stereocenters. The Morgan fingerprint density at radius 2 is 1.10 bits per heavy atom. The van der Waals surface area contributed by atoms with E-state index in [1.54, 1.807) is 0 Å². The molecule has 0 atom stereocenters. The molecule has 2 heteroatoms. The lowest BCUT2D eigenvalue weighted by Gasteiger charge is -2.10. The largest absolute Gasteiger partial charge is 0.147 e. The van der Waals surface area contributed by atoms with E-state index in [9.17, 15) is 0 Å². The number of hydrogen-bond donors (Lipinski definition) is 0. The van der Waals surface area contributed by atoms with Crippen molar-refractivity contribution < 1.29 is 0 Å². The molecular formula is C18H24ClP. The summed E-state index contributed by atoms with van der Waals surface area (Å²) < 4.78 is 0. The second-order valence-electron chi connectivity index (χ2n) is 5.69. The maximum absolute atomic E-state index is 2.35. The van der Waals surface area contributed by atoms with Crippen molar-refractivity contribution in [3.8, 4) is 0 Å². The number of rotatable bonds is 4. The van der Waals surface area contributed by atoms with Crippen molar-refractivity contribution in [2.24, 2.45) is 0 Å². The van der Waals surface area contributed by atoms with E-state index in [0.717, 1.165) is 8.58 Å². The van der Waals surface area contributed by atoms with Crippen molar-refractivity contribution in [1.82, 2.24) is 0 Å². The van der Waals surface area contributed by atoms with Crippen molar-refractivity contribution in [2.45, 2.75) is 39.5 Å². The predicted octanol–water partition coefficient (Wildman–Crippen LogP) is 4.98. The monoisotopic (exact) mass is 306 g/mol. The first-order valence-electron chi connectivity index (χ1n) is 7.03. The summed E-state index contributed by atoms with van der Waals surface area (Å²) in [5, 5.41) is 2.87. The summed E-state index contributed by atoms with van der Waals surface area (Å²) in [6, 6.07) is 18.0. The average Bonchev–Trinajstić information content (AvgIpc) is 2.39. The Morgan fingerprint density at radius 3 is 1.45 bits per heavy atom.